The van der Waals surface area contributed by atoms with E-state index in [2.05, 4.69) is 11.1 Å². The Hall–Kier alpha value is -1.55. The lowest BCUT2D eigenvalue weighted by molar-refractivity contribution is 0.133. The highest BCUT2D eigenvalue weighted by Gasteiger charge is 2.27. The van der Waals surface area contributed by atoms with E-state index < -0.39 is 0 Å². The zero-order valence-electron chi connectivity index (χ0n) is 12.3. The third-order valence-electron chi connectivity index (χ3n) is 4.93. The van der Waals surface area contributed by atoms with Gasteiger partial charge < -0.3 is 0 Å². The molecule has 1 saturated carbocycles. The van der Waals surface area contributed by atoms with Crippen LogP contribution in [-0.4, -0.2) is 41.7 Å². The normalized spacial score (nSPS) is 19.8. The maximum Gasteiger partial charge on any atom is 0.113 e. The van der Waals surface area contributed by atoms with Crippen LogP contribution in [0.25, 0.3) is 5.69 Å². The minimum atomic E-state index is 0.795. The standard InChI is InChI=1S/C17H20BN3/c18-14-4-6-16(7-5-14)21-12-13-8-10-20(15-2-1-3-15)11-9-17(13)19-21/h4-7,12,15H,1-3,8-11H2. The van der Waals surface area contributed by atoms with Crippen LogP contribution >= 0.6 is 0 Å². The highest BCUT2D eigenvalue weighted by atomic mass is 15.3. The topological polar surface area (TPSA) is 21.1 Å². The first-order chi connectivity index (χ1) is 10.3. The molecule has 2 heterocycles. The van der Waals surface area contributed by atoms with E-state index in [9.17, 15) is 0 Å². The summed E-state index contributed by atoms with van der Waals surface area (Å²) in [7, 11) is 5.75. The molecule has 2 aliphatic rings. The van der Waals surface area contributed by atoms with Crippen LogP contribution in [0.15, 0.2) is 30.5 Å². The van der Waals surface area contributed by atoms with Crippen LogP contribution in [0.5, 0.6) is 0 Å². The molecule has 1 aliphatic heterocycles. The maximum absolute atomic E-state index is 5.75. The Labute approximate surface area is 127 Å². The lowest BCUT2D eigenvalue weighted by Crippen LogP contribution is -2.41. The Morgan fingerprint density at radius 1 is 1.05 bits per heavy atom. The van der Waals surface area contributed by atoms with E-state index in [-0.39, 0.29) is 0 Å². The van der Waals surface area contributed by atoms with Crippen LogP contribution < -0.4 is 5.46 Å². The summed E-state index contributed by atoms with van der Waals surface area (Å²) in [6, 6.07) is 8.77. The molecule has 0 N–H and O–H groups in total. The second kappa shape index (κ2) is 5.34. The zero-order chi connectivity index (χ0) is 14.2. The molecule has 1 aliphatic carbocycles. The van der Waals surface area contributed by atoms with Crippen molar-refractivity contribution >= 4 is 13.3 Å². The summed E-state index contributed by atoms with van der Waals surface area (Å²) >= 11 is 0. The number of hydrogen-bond donors (Lipinski definition) is 0. The number of hydrogen-bond acceptors (Lipinski definition) is 2. The lowest BCUT2D eigenvalue weighted by atomic mass is 9.91. The predicted octanol–water partition coefficient (Wildman–Crippen LogP) is 1.62. The smallest absolute Gasteiger partial charge is 0.113 e. The fraction of sp³-hybridized carbons (Fsp3) is 0.471. The van der Waals surface area contributed by atoms with E-state index in [0.29, 0.717) is 0 Å². The molecule has 21 heavy (non-hydrogen) atoms. The minimum Gasteiger partial charge on any atom is -0.300 e. The summed E-state index contributed by atoms with van der Waals surface area (Å²) in [5, 5.41) is 4.80. The first kappa shape index (κ1) is 13.1. The van der Waals surface area contributed by atoms with Crippen molar-refractivity contribution in [3.05, 3.63) is 41.7 Å². The van der Waals surface area contributed by atoms with Gasteiger partial charge in [0.25, 0.3) is 0 Å². The molecular weight excluding hydrogens is 257 g/mol. The van der Waals surface area contributed by atoms with Crippen LogP contribution in [0.1, 0.15) is 30.5 Å². The molecule has 0 bridgehead atoms. The largest absolute Gasteiger partial charge is 0.300 e. The third-order valence-corrected chi connectivity index (χ3v) is 4.93. The SMILES string of the molecule is [B]c1ccc(-n2cc3c(n2)CCN(C2CCC2)CC3)cc1. The fourth-order valence-electron chi connectivity index (χ4n) is 3.37. The van der Waals surface area contributed by atoms with Gasteiger partial charge in [0.05, 0.1) is 11.4 Å². The maximum atomic E-state index is 5.75. The van der Waals surface area contributed by atoms with Gasteiger partial charge in [0.15, 0.2) is 0 Å². The summed E-state index contributed by atoms with van der Waals surface area (Å²) in [5.41, 5.74) is 4.57. The van der Waals surface area contributed by atoms with Crippen molar-refractivity contribution < 1.29 is 0 Å². The second-order valence-corrected chi connectivity index (χ2v) is 6.26. The first-order valence-corrected chi connectivity index (χ1v) is 7.97. The number of fused-ring (bicyclic) bond motifs is 1. The molecule has 3 nitrogen and oxygen atoms in total. The number of nitrogens with zero attached hydrogens (tertiary/aromatic N) is 3. The number of benzene rings is 1. The zero-order valence-corrected chi connectivity index (χ0v) is 12.3. The quantitative estimate of drug-likeness (QED) is 0.778. The summed E-state index contributed by atoms with van der Waals surface area (Å²) < 4.78 is 2.00. The van der Waals surface area contributed by atoms with Crippen LogP contribution in [-0.2, 0) is 12.8 Å². The van der Waals surface area contributed by atoms with E-state index in [4.69, 9.17) is 12.9 Å². The fourth-order valence-corrected chi connectivity index (χ4v) is 3.37. The van der Waals surface area contributed by atoms with Gasteiger partial charge in [0.2, 0.25) is 0 Å². The van der Waals surface area contributed by atoms with Gasteiger partial charge in [0, 0.05) is 31.7 Å². The van der Waals surface area contributed by atoms with Crippen LogP contribution in [0.3, 0.4) is 0 Å². The van der Waals surface area contributed by atoms with Crippen molar-refractivity contribution in [3.63, 3.8) is 0 Å². The molecule has 0 spiro atoms. The molecule has 1 aromatic carbocycles. The summed E-state index contributed by atoms with van der Waals surface area (Å²) in [6.45, 7) is 2.35. The molecule has 0 atom stereocenters. The van der Waals surface area contributed by atoms with Gasteiger partial charge in [-0.15, -0.1) is 0 Å². The molecule has 0 saturated heterocycles. The minimum absolute atomic E-state index is 0.795. The molecule has 4 heteroatoms. The molecule has 0 unspecified atom stereocenters. The molecule has 1 fully saturated rings. The van der Waals surface area contributed by atoms with Gasteiger partial charge in [-0.3, -0.25) is 4.90 Å². The third kappa shape index (κ3) is 2.53. The van der Waals surface area contributed by atoms with Gasteiger partial charge in [0.1, 0.15) is 7.85 Å². The predicted molar refractivity (Wildman–Crippen MR) is 85.6 cm³/mol. The Balaban J connectivity index is 1.53. The highest BCUT2D eigenvalue weighted by molar-refractivity contribution is 6.32. The molecule has 1 aromatic heterocycles. The molecule has 2 aromatic rings. The van der Waals surface area contributed by atoms with Crippen molar-refractivity contribution in [3.8, 4) is 5.69 Å². The van der Waals surface area contributed by atoms with Gasteiger partial charge in [-0.1, -0.05) is 24.0 Å². The lowest BCUT2D eigenvalue weighted by Gasteiger charge is -2.36. The van der Waals surface area contributed by atoms with Crippen molar-refractivity contribution in [1.82, 2.24) is 14.7 Å². The van der Waals surface area contributed by atoms with Crippen LogP contribution in [0, 0.1) is 0 Å². The van der Waals surface area contributed by atoms with Gasteiger partial charge in [-0.2, -0.15) is 5.10 Å². The van der Waals surface area contributed by atoms with E-state index in [1.54, 1.807) is 0 Å². The van der Waals surface area contributed by atoms with E-state index in [1.165, 1.54) is 37.1 Å². The van der Waals surface area contributed by atoms with Gasteiger partial charge >= 0.3 is 0 Å². The number of rotatable bonds is 2. The van der Waals surface area contributed by atoms with Crippen molar-refractivity contribution in [2.45, 2.75) is 38.1 Å². The average Bonchev–Trinajstić information content (AvgIpc) is 2.75. The van der Waals surface area contributed by atoms with E-state index in [1.807, 2.05) is 28.9 Å². The molecule has 2 radical (unpaired) electrons. The molecular formula is C17H20BN3. The number of aromatic nitrogens is 2. The van der Waals surface area contributed by atoms with Crippen LogP contribution in [0.4, 0.5) is 0 Å². The highest BCUT2D eigenvalue weighted by Crippen LogP contribution is 2.27. The Morgan fingerprint density at radius 3 is 2.52 bits per heavy atom. The van der Waals surface area contributed by atoms with Crippen molar-refractivity contribution in [1.29, 1.82) is 0 Å². The van der Waals surface area contributed by atoms with Crippen molar-refractivity contribution in [2.75, 3.05) is 13.1 Å². The van der Waals surface area contributed by atoms with Crippen LogP contribution in [0.2, 0.25) is 0 Å². The second-order valence-electron chi connectivity index (χ2n) is 6.26. The monoisotopic (exact) mass is 277 g/mol. The molecule has 106 valence electrons. The Morgan fingerprint density at radius 2 is 1.81 bits per heavy atom. The van der Waals surface area contributed by atoms with Crippen molar-refractivity contribution in [2.24, 2.45) is 0 Å². The summed E-state index contributed by atoms with van der Waals surface area (Å²) in [5.74, 6) is 0. The summed E-state index contributed by atoms with van der Waals surface area (Å²) in [6.07, 6.45) is 8.60. The Bertz CT molecular complexity index is 602. The Kier molecular flexibility index (Phi) is 3.34. The average molecular weight is 277 g/mol. The van der Waals surface area contributed by atoms with E-state index in [0.717, 1.165) is 36.6 Å². The van der Waals surface area contributed by atoms with Gasteiger partial charge in [-0.05, 0) is 37.0 Å². The molecule has 0 amide bonds. The molecule has 4 rings (SSSR count). The summed E-state index contributed by atoms with van der Waals surface area (Å²) in [4.78, 5) is 2.67. The van der Waals surface area contributed by atoms with Gasteiger partial charge in [-0.25, -0.2) is 4.68 Å². The van der Waals surface area contributed by atoms with E-state index >= 15 is 0 Å². The first-order valence-electron chi connectivity index (χ1n) is 7.97.